The SMILES string of the molecule is COC(=O)c1ccc(Cl)cc1OC(=O)c1ccc(NC(=O)C(C)C)cc1. The van der Waals surface area contributed by atoms with Gasteiger partial charge < -0.3 is 14.8 Å². The molecule has 2 aromatic carbocycles. The maximum Gasteiger partial charge on any atom is 0.343 e. The lowest BCUT2D eigenvalue weighted by atomic mass is 10.1. The van der Waals surface area contributed by atoms with Crippen LogP contribution in [0.15, 0.2) is 42.5 Å². The van der Waals surface area contributed by atoms with Crippen molar-refractivity contribution in [1.29, 1.82) is 0 Å². The minimum Gasteiger partial charge on any atom is -0.465 e. The molecule has 0 aliphatic rings. The third kappa shape index (κ3) is 4.83. The van der Waals surface area contributed by atoms with Crippen LogP contribution in [0, 0.1) is 5.92 Å². The number of benzene rings is 2. The van der Waals surface area contributed by atoms with E-state index in [1.54, 1.807) is 26.0 Å². The fourth-order valence-electron chi connectivity index (χ4n) is 1.99. The molecule has 1 N–H and O–H groups in total. The Bertz CT molecular complexity index is 830. The Morgan fingerprint density at radius 2 is 1.65 bits per heavy atom. The number of nitrogens with one attached hydrogen (secondary N) is 1. The molecule has 0 radical (unpaired) electrons. The summed E-state index contributed by atoms with van der Waals surface area (Å²) in [6.45, 7) is 3.57. The first kappa shape index (κ1) is 19.5. The Kier molecular flexibility index (Phi) is 6.36. The van der Waals surface area contributed by atoms with Gasteiger partial charge in [-0.15, -0.1) is 0 Å². The average molecular weight is 376 g/mol. The molecule has 136 valence electrons. The molecule has 0 heterocycles. The second-order valence-corrected chi connectivity index (χ2v) is 6.18. The molecule has 6 nitrogen and oxygen atoms in total. The molecule has 0 fully saturated rings. The fraction of sp³-hybridized carbons (Fsp3) is 0.211. The lowest BCUT2D eigenvalue weighted by molar-refractivity contribution is -0.118. The minimum absolute atomic E-state index is 0.00605. The molecule has 0 bridgehead atoms. The van der Waals surface area contributed by atoms with Crippen LogP contribution in [0.3, 0.4) is 0 Å². The van der Waals surface area contributed by atoms with E-state index in [0.717, 1.165) is 0 Å². The second kappa shape index (κ2) is 8.49. The summed E-state index contributed by atoms with van der Waals surface area (Å²) in [6.07, 6.45) is 0. The van der Waals surface area contributed by atoms with Gasteiger partial charge in [0.05, 0.1) is 12.7 Å². The van der Waals surface area contributed by atoms with Crippen LogP contribution >= 0.6 is 11.6 Å². The van der Waals surface area contributed by atoms with E-state index in [0.29, 0.717) is 10.7 Å². The number of halogens is 1. The van der Waals surface area contributed by atoms with Gasteiger partial charge in [-0.25, -0.2) is 9.59 Å². The van der Waals surface area contributed by atoms with E-state index < -0.39 is 11.9 Å². The van der Waals surface area contributed by atoms with Gasteiger partial charge in [-0.1, -0.05) is 25.4 Å². The van der Waals surface area contributed by atoms with Crippen LogP contribution in [-0.2, 0) is 9.53 Å². The Hall–Kier alpha value is -2.86. The van der Waals surface area contributed by atoms with Gasteiger partial charge >= 0.3 is 11.9 Å². The standard InChI is InChI=1S/C19H18ClNO5/c1-11(2)17(22)21-14-7-4-12(5-8-14)18(23)26-16-10-13(20)6-9-15(16)19(24)25-3/h4-11H,1-3H3,(H,21,22). The van der Waals surface area contributed by atoms with Crippen LogP contribution < -0.4 is 10.1 Å². The monoisotopic (exact) mass is 375 g/mol. The summed E-state index contributed by atoms with van der Waals surface area (Å²) in [6, 6.07) is 10.5. The summed E-state index contributed by atoms with van der Waals surface area (Å²) in [5.74, 6) is -1.58. The number of ether oxygens (including phenoxy) is 2. The molecule has 2 rings (SSSR count). The van der Waals surface area contributed by atoms with Gasteiger partial charge in [-0.3, -0.25) is 4.79 Å². The van der Waals surface area contributed by atoms with E-state index >= 15 is 0 Å². The number of amides is 1. The predicted molar refractivity (Wildman–Crippen MR) is 97.7 cm³/mol. The molecule has 0 unspecified atom stereocenters. The van der Waals surface area contributed by atoms with E-state index in [4.69, 9.17) is 16.3 Å². The Labute approximate surface area is 156 Å². The van der Waals surface area contributed by atoms with E-state index in [1.165, 1.54) is 37.4 Å². The van der Waals surface area contributed by atoms with Crippen LogP contribution in [0.5, 0.6) is 5.75 Å². The predicted octanol–water partition coefficient (Wildman–Crippen LogP) is 3.94. The Morgan fingerprint density at radius 3 is 2.23 bits per heavy atom. The van der Waals surface area contributed by atoms with Crippen LogP contribution in [-0.4, -0.2) is 25.0 Å². The number of carbonyl (C=O) groups excluding carboxylic acids is 3. The summed E-state index contributed by atoms with van der Waals surface area (Å²) < 4.78 is 9.95. The van der Waals surface area contributed by atoms with Crippen molar-refractivity contribution in [2.45, 2.75) is 13.8 Å². The summed E-state index contributed by atoms with van der Waals surface area (Å²) in [4.78, 5) is 35.8. The highest BCUT2D eigenvalue weighted by atomic mass is 35.5. The van der Waals surface area contributed by atoms with E-state index in [-0.39, 0.29) is 28.7 Å². The van der Waals surface area contributed by atoms with Crippen molar-refractivity contribution in [3.8, 4) is 5.75 Å². The van der Waals surface area contributed by atoms with Crippen molar-refractivity contribution in [3.05, 3.63) is 58.6 Å². The summed E-state index contributed by atoms with van der Waals surface area (Å²) in [5, 5.41) is 3.04. The third-order valence-electron chi connectivity index (χ3n) is 3.46. The van der Waals surface area contributed by atoms with Gasteiger partial charge in [0, 0.05) is 22.7 Å². The number of esters is 2. The fourth-order valence-corrected chi connectivity index (χ4v) is 2.16. The molecule has 0 aromatic heterocycles. The molecule has 1 amide bonds. The number of anilines is 1. The van der Waals surface area contributed by atoms with Gasteiger partial charge in [0.25, 0.3) is 0 Å². The highest BCUT2D eigenvalue weighted by molar-refractivity contribution is 6.30. The van der Waals surface area contributed by atoms with Crippen molar-refractivity contribution in [1.82, 2.24) is 0 Å². The number of carbonyl (C=O) groups is 3. The number of methoxy groups -OCH3 is 1. The molecule has 0 aliphatic carbocycles. The lowest BCUT2D eigenvalue weighted by Crippen LogP contribution is -2.18. The maximum absolute atomic E-state index is 12.3. The van der Waals surface area contributed by atoms with Gasteiger partial charge in [0.15, 0.2) is 0 Å². The molecule has 0 spiro atoms. The quantitative estimate of drug-likeness (QED) is 0.632. The second-order valence-electron chi connectivity index (χ2n) is 5.74. The smallest absolute Gasteiger partial charge is 0.343 e. The molecular formula is C19H18ClNO5. The zero-order chi connectivity index (χ0) is 19.3. The van der Waals surface area contributed by atoms with E-state index in [1.807, 2.05) is 0 Å². The molecule has 7 heteroatoms. The van der Waals surface area contributed by atoms with Crippen molar-refractivity contribution in [2.24, 2.45) is 5.92 Å². The molecule has 0 saturated carbocycles. The first-order valence-electron chi connectivity index (χ1n) is 7.82. The van der Waals surface area contributed by atoms with Crippen LogP contribution in [0.1, 0.15) is 34.6 Å². The molecular weight excluding hydrogens is 358 g/mol. The van der Waals surface area contributed by atoms with Crippen LogP contribution in [0.25, 0.3) is 0 Å². The zero-order valence-corrected chi connectivity index (χ0v) is 15.3. The van der Waals surface area contributed by atoms with Crippen molar-refractivity contribution in [2.75, 3.05) is 12.4 Å². The van der Waals surface area contributed by atoms with Crippen molar-refractivity contribution >= 4 is 35.1 Å². The summed E-state index contributed by atoms with van der Waals surface area (Å²) in [5.41, 5.74) is 0.910. The highest BCUT2D eigenvalue weighted by Crippen LogP contribution is 2.25. The van der Waals surface area contributed by atoms with Gasteiger partial charge in [-0.2, -0.15) is 0 Å². The molecule has 0 saturated heterocycles. The Balaban J connectivity index is 2.17. The van der Waals surface area contributed by atoms with E-state index in [2.05, 4.69) is 10.1 Å². The molecule has 2 aromatic rings. The molecule has 26 heavy (non-hydrogen) atoms. The van der Waals surface area contributed by atoms with Gasteiger partial charge in [0.2, 0.25) is 5.91 Å². The minimum atomic E-state index is -0.667. The summed E-state index contributed by atoms with van der Waals surface area (Å²) >= 11 is 5.91. The molecule has 0 atom stereocenters. The van der Waals surface area contributed by atoms with Crippen LogP contribution in [0.2, 0.25) is 5.02 Å². The van der Waals surface area contributed by atoms with Gasteiger partial charge in [0.1, 0.15) is 11.3 Å². The van der Waals surface area contributed by atoms with Crippen molar-refractivity contribution < 1.29 is 23.9 Å². The summed E-state index contributed by atoms with van der Waals surface area (Å²) in [7, 11) is 1.23. The maximum atomic E-state index is 12.3. The highest BCUT2D eigenvalue weighted by Gasteiger charge is 2.18. The number of hydrogen-bond donors (Lipinski definition) is 1. The normalized spacial score (nSPS) is 10.3. The third-order valence-corrected chi connectivity index (χ3v) is 3.70. The number of rotatable bonds is 5. The van der Waals surface area contributed by atoms with E-state index in [9.17, 15) is 14.4 Å². The zero-order valence-electron chi connectivity index (χ0n) is 14.5. The van der Waals surface area contributed by atoms with Crippen LogP contribution in [0.4, 0.5) is 5.69 Å². The molecule has 0 aliphatic heterocycles. The van der Waals surface area contributed by atoms with Gasteiger partial charge in [-0.05, 0) is 36.4 Å². The average Bonchev–Trinajstić information content (AvgIpc) is 2.61. The topological polar surface area (TPSA) is 81.7 Å². The first-order valence-corrected chi connectivity index (χ1v) is 8.20. The van der Waals surface area contributed by atoms with Crippen molar-refractivity contribution in [3.63, 3.8) is 0 Å². The first-order chi connectivity index (χ1) is 12.3. The number of hydrogen-bond acceptors (Lipinski definition) is 5. The Morgan fingerprint density at radius 1 is 1.00 bits per heavy atom. The lowest BCUT2D eigenvalue weighted by Gasteiger charge is -2.10. The largest absolute Gasteiger partial charge is 0.465 e.